The molecule has 6 heteroatoms. The van der Waals surface area contributed by atoms with Crippen molar-refractivity contribution in [1.82, 2.24) is 9.80 Å². The molecular weight excluding hydrogens is 321 g/mol. The van der Waals surface area contributed by atoms with Gasteiger partial charge < -0.3 is 14.7 Å². The van der Waals surface area contributed by atoms with Gasteiger partial charge in [-0.15, -0.1) is 0 Å². The van der Waals surface area contributed by atoms with E-state index in [-0.39, 0.29) is 23.5 Å². The van der Waals surface area contributed by atoms with Crippen molar-refractivity contribution in [2.75, 3.05) is 44.2 Å². The largest absolute Gasteiger partial charge is 0.370 e. The summed E-state index contributed by atoms with van der Waals surface area (Å²) in [5.74, 6) is -0.0829. The van der Waals surface area contributed by atoms with Gasteiger partial charge in [-0.1, -0.05) is 0 Å². The Bertz CT molecular complexity index is 620. The average molecular weight is 347 g/mol. The third kappa shape index (κ3) is 4.30. The van der Waals surface area contributed by atoms with Crippen molar-refractivity contribution in [1.29, 1.82) is 0 Å². The number of benzene rings is 1. The Morgan fingerprint density at radius 1 is 0.960 bits per heavy atom. The van der Waals surface area contributed by atoms with Crippen molar-refractivity contribution in [2.24, 2.45) is 5.92 Å². The first kappa shape index (κ1) is 17.7. The van der Waals surface area contributed by atoms with Crippen LogP contribution in [0, 0.1) is 11.7 Å². The molecule has 1 aromatic rings. The lowest BCUT2D eigenvalue weighted by atomic mass is 9.96. The Balaban J connectivity index is 1.59. The van der Waals surface area contributed by atoms with Crippen LogP contribution in [0.25, 0.3) is 0 Å². The summed E-state index contributed by atoms with van der Waals surface area (Å²) in [5.41, 5.74) is 0.996. The fourth-order valence-corrected chi connectivity index (χ4v) is 3.77. The number of anilines is 1. The summed E-state index contributed by atoms with van der Waals surface area (Å²) in [4.78, 5) is 30.4. The number of rotatable bonds is 2. The van der Waals surface area contributed by atoms with Crippen LogP contribution >= 0.6 is 0 Å². The highest BCUT2D eigenvalue weighted by molar-refractivity contribution is 5.81. The zero-order valence-electron chi connectivity index (χ0n) is 14.8. The van der Waals surface area contributed by atoms with E-state index in [1.165, 1.54) is 12.1 Å². The van der Waals surface area contributed by atoms with Gasteiger partial charge in [0.2, 0.25) is 11.8 Å². The highest BCUT2D eigenvalue weighted by Gasteiger charge is 2.31. The van der Waals surface area contributed by atoms with Crippen LogP contribution < -0.4 is 4.90 Å². The van der Waals surface area contributed by atoms with E-state index in [9.17, 15) is 14.0 Å². The SMILES string of the molecule is CC(=O)N1CCC[C@@H](C(=O)N2CCCN(c3ccc(F)cc3)CC2)C1. The molecule has 25 heavy (non-hydrogen) atoms. The number of likely N-dealkylation sites (tertiary alicyclic amines) is 1. The van der Waals surface area contributed by atoms with Gasteiger partial charge in [-0.2, -0.15) is 0 Å². The Labute approximate surface area is 148 Å². The molecule has 3 rings (SSSR count). The molecule has 2 aliphatic heterocycles. The lowest BCUT2D eigenvalue weighted by Crippen LogP contribution is -2.47. The van der Waals surface area contributed by atoms with Crippen molar-refractivity contribution in [2.45, 2.75) is 26.2 Å². The molecule has 0 aromatic heterocycles. The second kappa shape index (κ2) is 7.85. The van der Waals surface area contributed by atoms with Crippen LogP contribution in [-0.4, -0.2) is 60.9 Å². The molecule has 2 heterocycles. The van der Waals surface area contributed by atoms with Crippen molar-refractivity contribution in [3.8, 4) is 0 Å². The Kier molecular flexibility index (Phi) is 5.56. The van der Waals surface area contributed by atoms with Gasteiger partial charge >= 0.3 is 0 Å². The predicted octanol–water partition coefficient (Wildman–Crippen LogP) is 2.12. The first-order valence-corrected chi connectivity index (χ1v) is 9.09. The smallest absolute Gasteiger partial charge is 0.227 e. The molecular formula is C19H26FN3O2. The highest BCUT2D eigenvalue weighted by atomic mass is 19.1. The second-order valence-corrected chi connectivity index (χ2v) is 6.95. The van der Waals surface area contributed by atoms with Crippen LogP contribution in [0.4, 0.5) is 10.1 Å². The molecule has 2 aliphatic rings. The van der Waals surface area contributed by atoms with Crippen LogP contribution in [0.2, 0.25) is 0 Å². The van der Waals surface area contributed by atoms with Gasteiger partial charge in [0.25, 0.3) is 0 Å². The van der Waals surface area contributed by atoms with Crippen molar-refractivity contribution in [3.63, 3.8) is 0 Å². The fourth-order valence-electron chi connectivity index (χ4n) is 3.77. The Morgan fingerprint density at radius 2 is 1.68 bits per heavy atom. The first-order valence-electron chi connectivity index (χ1n) is 9.09. The van der Waals surface area contributed by atoms with Crippen LogP contribution in [0.1, 0.15) is 26.2 Å². The van der Waals surface area contributed by atoms with Crippen molar-refractivity contribution in [3.05, 3.63) is 30.1 Å². The summed E-state index contributed by atoms with van der Waals surface area (Å²) in [7, 11) is 0. The van der Waals surface area contributed by atoms with Gasteiger partial charge in [0.15, 0.2) is 0 Å². The zero-order chi connectivity index (χ0) is 17.8. The minimum atomic E-state index is -0.234. The molecule has 2 saturated heterocycles. The maximum atomic E-state index is 13.1. The molecule has 1 atom stereocenters. The van der Waals surface area contributed by atoms with Crippen molar-refractivity contribution >= 4 is 17.5 Å². The van der Waals surface area contributed by atoms with E-state index in [1.807, 2.05) is 4.90 Å². The molecule has 1 aromatic carbocycles. The van der Waals surface area contributed by atoms with E-state index in [0.717, 1.165) is 51.1 Å². The van der Waals surface area contributed by atoms with Gasteiger partial charge in [0.1, 0.15) is 5.82 Å². The number of carbonyl (C=O) groups is 2. The summed E-state index contributed by atoms with van der Waals surface area (Å²) in [6, 6.07) is 6.53. The molecule has 0 saturated carbocycles. The number of carbonyl (C=O) groups excluding carboxylic acids is 2. The van der Waals surface area contributed by atoms with Gasteiger partial charge in [0, 0.05) is 51.9 Å². The van der Waals surface area contributed by atoms with E-state index in [0.29, 0.717) is 13.1 Å². The monoisotopic (exact) mass is 347 g/mol. The van der Waals surface area contributed by atoms with Crippen LogP contribution in [-0.2, 0) is 9.59 Å². The molecule has 0 unspecified atom stereocenters. The molecule has 0 aliphatic carbocycles. The average Bonchev–Trinajstić information content (AvgIpc) is 2.88. The predicted molar refractivity (Wildman–Crippen MR) is 94.8 cm³/mol. The van der Waals surface area contributed by atoms with Crippen LogP contribution in [0.3, 0.4) is 0 Å². The minimum absolute atomic E-state index is 0.0517. The standard InChI is InChI=1S/C19H26FN3O2/c1-15(24)23-9-2-4-16(14-23)19(25)22-11-3-10-21(12-13-22)18-7-5-17(20)6-8-18/h5-8,16H,2-4,9-14H2,1H3/t16-/m1/s1. The van der Waals surface area contributed by atoms with Crippen LogP contribution in [0.5, 0.6) is 0 Å². The van der Waals surface area contributed by atoms with E-state index >= 15 is 0 Å². The summed E-state index contributed by atoms with van der Waals surface area (Å²) in [6.07, 6.45) is 2.65. The molecule has 2 amide bonds. The summed E-state index contributed by atoms with van der Waals surface area (Å²) in [5, 5.41) is 0. The maximum absolute atomic E-state index is 13.1. The summed E-state index contributed by atoms with van der Waals surface area (Å²) >= 11 is 0. The first-order chi connectivity index (χ1) is 12.0. The Morgan fingerprint density at radius 3 is 2.40 bits per heavy atom. The quantitative estimate of drug-likeness (QED) is 0.823. The minimum Gasteiger partial charge on any atom is -0.370 e. The number of nitrogens with zero attached hydrogens (tertiary/aromatic N) is 3. The summed E-state index contributed by atoms with van der Waals surface area (Å²) in [6.45, 7) is 5.91. The third-order valence-corrected chi connectivity index (χ3v) is 5.22. The molecule has 0 bridgehead atoms. The number of hydrogen-bond donors (Lipinski definition) is 0. The normalized spacial score (nSPS) is 21.8. The number of halogens is 1. The van der Waals surface area contributed by atoms with Gasteiger partial charge in [0.05, 0.1) is 5.92 Å². The fraction of sp³-hybridized carbons (Fsp3) is 0.579. The van der Waals surface area contributed by atoms with E-state index in [4.69, 9.17) is 0 Å². The topological polar surface area (TPSA) is 43.9 Å². The van der Waals surface area contributed by atoms with Crippen molar-refractivity contribution < 1.29 is 14.0 Å². The van der Waals surface area contributed by atoms with E-state index in [2.05, 4.69) is 4.90 Å². The third-order valence-electron chi connectivity index (χ3n) is 5.22. The molecule has 0 radical (unpaired) electrons. The molecule has 0 N–H and O–H groups in total. The molecule has 0 spiro atoms. The van der Waals surface area contributed by atoms with Gasteiger partial charge in [-0.05, 0) is 43.5 Å². The Hall–Kier alpha value is -2.11. The second-order valence-electron chi connectivity index (χ2n) is 6.95. The zero-order valence-corrected chi connectivity index (χ0v) is 14.8. The lowest BCUT2D eigenvalue weighted by molar-refractivity contribution is -0.140. The maximum Gasteiger partial charge on any atom is 0.227 e. The van der Waals surface area contributed by atoms with E-state index < -0.39 is 0 Å². The lowest BCUT2D eigenvalue weighted by Gasteiger charge is -2.34. The van der Waals surface area contributed by atoms with Gasteiger partial charge in [-0.3, -0.25) is 9.59 Å². The molecule has 2 fully saturated rings. The summed E-state index contributed by atoms with van der Waals surface area (Å²) < 4.78 is 13.1. The molecule has 136 valence electrons. The van der Waals surface area contributed by atoms with Gasteiger partial charge in [-0.25, -0.2) is 4.39 Å². The number of amides is 2. The number of piperidine rings is 1. The van der Waals surface area contributed by atoms with E-state index in [1.54, 1.807) is 24.0 Å². The van der Waals surface area contributed by atoms with Crippen LogP contribution in [0.15, 0.2) is 24.3 Å². The number of hydrogen-bond acceptors (Lipinski definition) is 3. The highest BCUT2D eigenvalue weighted by Crippen LogP contribution is 2.21. The molecule has 5 nitrogen and oxygen atoms in total.